The van der Waals surface area contributed by atoms with E-state index >= 15 is 0 Å². The Bertz CT molecular complexity index is 1460. The Balaban J connectivity index is -0.000000173. The molecule has 0 radical (unpaired) electrons. The Morgan fingerprint density at radius 1 is 0.286 bits per heavy atom. The fourth-order valence-corrected chi connectivity index (χ4v) is 4.62. The molecule has 56 heavy (non-hydrogen) atoms. The highest BCUT2D eigenvalue weighted by Crippen LogP contribution is 2.43. The summed E-state index contributed by atoms with van der Waals surface area (Å²) in [7, 11) is 0. The minimum absolute atomic E-state index is 1.14. The highest BCUT2D eigenvalue weighted by Gasteiger charge is 2.20. The van der Waals surface area contributed by atoms with Gasteiger partial charge in [0.2, 0.25) is 0 Å². The molecule has 2 nitrogen and oxygen atoms in total. The summed E-state index contributed by atoms with van der Waals surface area (Å²) in [5, 5.41) is 2.50. The Kier molecular flexibility index (Phi) is 65.4. The normalized spacial score (nSPS) is 7.64. The molecule has 0 aliphatic heterocycles. The second kappa shape index (κ2) is 55.0. The first-order valence-electron chi connectivity index (χ1n) is 22.9. The Morgan fingerprint density at radius 2 is 0.589 bits per heavy atom. The second-order valence-electron chi connectivity index (χ2n) is 7.87. The Morgan fingerprint density at radius 3 is 0.964 bits per heavy atom. The van der Waals surface area contributed by atoms with Crippen LogP contribution in [0, 0.1) is 0 Å². The molecular formula is C54H94N2. The smallest absolute Gasteiger partial charge is 0.0562 e. The number of fused-ring (bicyclic) bond motifs is 3. The molecule has 1 heterocycles. The zero-order chi connectivity index (χ0) is 45.3. The number of anilines is 3. The Labute approximate surface area is 352 Å². The number of aromatic nitrogens is 1. The van der Waals surface area contributed by atoms with Crippen molar-refractivity contribution in [3.63, 3.8) is 0 Å². The quantitative estimate of drug-likeness (QED) is 0.173. The summed E-state index contributed by atoms with van der Waals surface area (Å²) >= 11 is 0. The maximum Gasteiger partial charge on any atom is 0.0562 e. The predicted octanol–water partition coefficient (Wildman–Crippen LogP) is 20.6. The third-order valence-corrected chi connectivity index (χ3v) is 5.96. The predicted molar refractivity (Wildman–Crippen MR) is 272 cm³/mol. The van der Waals surface area contributed by atoms with Crippen molar-refractivity contribution in [2.75, 3.05) is 4.90 Å². The van der Waals surface area contributed by atoms with E-state index in [9.17, 15) is 0 Å². The van der Waals surface area contributed by atoms with Crippen LogP contribution in [0.15, 0.2) is 133 Å². The lowest BCUT2D eigenvalue weighted by Crippen LogP contribution is -2.10. The number of hydrogen-bond acceptors (Lipinski definition) is 1. The molecule has 0 aliphatic carbocycles. The summed E-state index contributed by atoms with van der Waals surface area (Å²) < 4.78 is 2.36. The monoisotopic (exact) mass is 771 g/mol. The molecule has 0 saturated carbocycles. The van der Waals surface area contributed by atoms with Crippen LogP contribution in [-0.2, 0) is 0 Å². The van der Waals surface area contributed by atoms with E-state index in [0.717, 1.165) is 11.4 Å². The molecular weight excluding hydrogens is 677 g/mol. The van der Waals surface area contributed by atoms with E-state index in [4.69, 9.17) is 0 Å². The highest BCUT2D eigenvalue weighted by atomic mass is 15.1. The molecule has 5 aromatic carbocycles. The third kappa shape index (κ3) is 22.3. The maximum absolute atomic E-state index is 2.36. The molecule has 0 atom stereocenters. The summed E-state index contributed by atoms with van der Waals surface area (Å²) in [4.78, 5) is 2.35. The molecule has 1 aromatic heterocycles. The first-order valence-corrected chi connectivity index (χ1v) is 22.9. The summed E-state index contributed by atoms with van der Waals surface area (Å²) in [5.74, 6) is 0. The van der Waals surface area contributed by atoms with Crippen LogP contribution in [0.3, 0.4) is 0 Å². The fourth-order valence-electron chi connectivity index (χ4n) is 4.62. The van der Waals surface area contributed by atoms with E-state index in [1.165, 1.54) is 33.2 Å². The standard InChI is InChI=1S/C30H22N2.12C2H6/c1-4-13-23(14-5-1)31(24-15-6-2-7-16-24)28-21-12-22-29-30(28)26-19-10-11-20-27(26)32(29)25-17-8-3-9-18-25;12*1-2/h1-22H;12*1-2H3. The van der Waals surface area contributed by atoms with Crippen molar-refractivity contribution in [2.24, 2.45) is 0 Å². The van der Waals surface area contributed by atoms with Crippen LogP contribution in [0.5, 0.6) is 0 Å². The lowest BCUT2D eigenvalue weighted by atomic mass is 10.1. The van der Waals surface area contributed by atoms with Crippen LogP contribution in [0.1, 0.15) is 166 Å². The molecule has 6 rings (SSSR count). The van der Waals surface area contributed by atoms with Gasteiger partial charge in [-0.25, -0.2) is 0 Å². The lowest BCUT2D eigenvalue weighted by Gasteiger charge is -2.26. The third-order valence-electron chi connectivity index (χ3n) is 5.96. The molecule has 0 bridgehead atoms. The highest BCUT2D eigenvalue weighted by molar-refractivity contribution is 6.16. The van der Waals surface area contributed by atoms with Crippen LogP contribution in [0.2, 0.25) is 0 Å². The number of nitrogens with zero attached hydrogens (tertiary/aromatic N) is 2. The molecule has 2 heteroatoms. The van der Waals surface area contributed by atoms with Gasteiger partial charge < -0.3 is 9.47 Å². The average molecular weight is 771 g/mol. The van der Waals surface area contributed by atoms with Crippen LogP contribution < -0.4 is 4.90 Å². The van der Waals surface area contributed by atoms with Crippen molar-refractivity contribution in [3.05, 3.63) is 133 Å². The molecule has 0 aliphatic rings. The SMILES string of the molecule is CC.CC.CC.CC.CC.CC.CC.CC.CC.CC.CC.CC.c1ccc(N(c2ccccc2)c2cccc3c2c2ccccc2n3-c2ccccc2)cc1. The zero-order valence-electron chi connectivity index (χ0n) is 41.6. The molecule has 0 spiro atoms. The van der Waals surface area contributed by atoms with Crippen LogP contribution >= 0.6 is 0 Å². The molecule has 6 aromatic rings. The van der Waals surface area contributed by atoms with Gasteiger partial charge in [0, 0.05) is 27.8 Å². The van der Waals surface area contributed by atoms with Crippen LogP contribution in [0.4, 0.5) is 17.1 Å². The summed E-state index contributed by atoms with van der Waals surface area (Å²) in [6.07, 6.45) is 0. The van der Waals surface area contributed by atoms with Gasteiger partial charge in [0.05, 0.1) is 16.7 Å². The van der Waals surface area contributed by atoms with Crippen molar-refractivity contribution < 1.29 is 0 Å². The van der Waals surface area contributed by atoms with Gasteiger partial charge in [0.15, 0.2) is 0 Å². The average Bonchev–Trinajstić information content (AvgIpc) is 3.70. The van der Waals surface area contributed by atoms with Gasteiger partial charge in [-0.15, -0.1) is 0 Å². The van der Waals surface area contributed by atoms with Crippen molar-refractivity contribution >= 4 is 38.9 Å². The van der Waals surface area contributed by atoms with Gasteiger partial charge in [-0.1, -0.05) is 245 Å². The van der Waals surface area contributed by atoms with Crippen molar-refractivity contribution in [3.8, 4) is 5.69 Å². The number of rotatable bonds is 4. The number of benzene rings is 5. The summed E-state index contributed by atoms with van der Waals surface area (Å²) in [6.45, 7) is 48.0. The van der Waals surface area contributed by atoms with Crippen molar-refractivity contribution in [2.45, 2.75) is 166 Å². The first kappa shape index (κ1) is 66.5. The van der Waals surface area contributed by atoms with E-state index in [0.29, 0.717) is 0 Å². The molecule has 0 N–H and O–H groups in total. The van der Waals surface area contributed by atoms with Gasteiger partial charge in [0.25, 0.3) is 0 Å². The lowest BCUT2D eigenvalue weighted by molar-refractivity contribution is 1.18. The van der Waals surface area contributed by atoms with Gasteiger partial charge in [-0.2, -0.15) is 0 Å². The zero-order valence-corrected chi connectivity index (χ0v) is 41.6. The fraction of sp³-hybridized carbons (Fsp3) is 0.444. The van der Waals surface area contributed by atoms with Crippen molar-refractivity contribution in [1.29, 1.82) is 0 Å². The van der Waals surface area contributed by atoms with E-state index in [-0.39, 0.29) is 0 Å². The molecule has 320 valence electrons. The Hall–Kier alpha value is -4.30. The molecule has 0 fully saturated rings. The van der Waals surface area contributed by atoms with Crippen molar-refractivity contribution in [1.82, 2.24) is 4.57 Å². The van der Waals surface area contributed by atoms with Crippen LogP contribution in [0.25, 0.3) is 27.5 Å². The van der Waals surface area contributed by atoms with E-state index in [1.807, 2.05) is 166 Å². The number of hydrogen-bond donors (Lipinski definition) is 0. The number of para-hydroxylation sites is 4. The second-order valence-corrected chi connectivity index (χ2v) is 7.87. The summed E-state index contributed by atoms with van der Waals surface area (Å²) in [6, 6.07) is 47.1. The topological polar surface area (TPSA) is 8.17 Å². The maximum atomic E-state index is 2.36. The summed E-state index contributed by atoms with van der Waals surface area (Å²) in [5.41, 5.74) is 7.03. The van der Waals surface area contributed by atoms with Gasteiger partial charge in [-0.3, -0.25) is 0 Å². The minimum Gasteiger partial charge on any atom is -0.310 e. The largest absolute Gasteiger partial charge is 0.310 e. The van der Waals surface area contributed by atoms with E-state index in [1.54, 1.807) is 0 Å². The molecule has 0 amide bonds. The minimum atomic E-state index is 1.14. The van der Waals surface area contributed by atoms with Crippen LogP contribution in [-0.4, -0.2) is 4.57 Å². The van der Waals surface area contributed by atoms with Gasteiger partial charge >= 0.3 is 0 Å². The van der Waals surface area contributed by atoms with Gasteiger partial charge in [0.1, 0.15) is 0 Å². The molecule has 0 unspecified atom stereocenters. The first-order chi connectivity index (χ1) is 27.9. The van der Waals surface area contributed by atoms with Gasteiger partial charge in [-0.05, 0) is 54.6 Å². The van der Waals surface area contributed by atoms with E-state index < -0.39 is 0 Å². The van der Waals surface area contributed by atoms with E-state index in [2.05, 4.69) is 143 Å². The molecule has 0 saturated heterocycles.